The van der Waals surface area contributed by atoms with Gasteiger partial charge in [-0.25, -0.2) is 0 Å². The molecular weight excluding hydrogens is 781 g/mol. The molecule has 1 atom stereocenters. The minimum Gasteiger partial charge on any atom is -0.462 e. The van der Waals surface area contributed by atoms with E-state index < -0.39 is 6.10 Å². The summed E-state index contributed by atoms with van der Waals surface area (Å²) < 4.78 is 16.9. The summed E-state index contributed by atoms with van der Waals surface area (Å²) in [5, 5.41) is 0. The first-order valence-electron chi connectivity index (χ1n) is 28.5. The highest BCUT2D eigenvalue weighted by atomic mass is 16.6. The van der Waals surface area contributed by atoms with Gasteiger partial charge in [-0.05, 0) is 19.3 Å². The molecule has 6 nitrogen and oxygen atoms in total. The zero-order chi connectivity index (χ0) is 45.8. The van der Waals surface area contributed by atoms with Crippen LogP contribution in [-0.4, -0.2) is 37.2 Å². The van der Waals surface area contributed by atoms with Gasteiger partial charge in [-0.1, -0.05) is 290 Å². The monoisotopic (exact) mass is 891 g/mol. The Balaban J connectivity index is 4.26. The lowest BCUT2D eigenvalue weighted by molar-refractivity contribution is -0.167. The number of hydrogen-bond acceptors (Lipinski definition) is 6. The Morgan fingerprint density at radius 1 is 0.254 bits per heavy atom. The Morgan fingerprint density at radius 3 is 0.635 bits per heavy atom. The molecule has 0 heterocycles. The van der Waals surface area contributed by atoms with E-state index in [0.717, 1.165) is 57.8 Å². The average molecular weight is 892 g/mol. The Labute approximate surface area is 393 Å². The highest BCUT2D eigenvalue weighted by Crippen LogP contribution is 2.18. The molecule has 0 aromatic heterocycles. The molecule has 6 heteroatoms. The largest absolute Gasteiger partial charge is 0.462 e. The van der Waals surface area contributed by atoms with Crippen LogP contribution in [0.25, 0.3) is 0 Å². The zero-order valence-corrected chi connectivity index (χ0v) is 42.9. The molecular formula is C57H110O6. The molecule has 374 valence electrons. The first-order valence-corrected chi connectivity index (χ1v) is 28.5. The van der Waals surface area contributed by atoms with Crippen molar-refractivity contribution in [2.45, 2.75) is 335 Å². The summed E-state index contributed by atoms with van der Waals surface area (Å²) in [5.41, 5.74) is 0. The topological polar surface area (TPSA) is 78.9 Å². The smallest absolute Gasteiger partial charge is 0.306 e. The second-order valence-corrected chi connectivity index (χ2v) is 19.6. The Kier molecular flexibility index (Phi) is 51.7. The van der Waals surface area contributed by atoms with Crippen molar-refractivity contribution in [3.63, 3.8) is 0 Å². The highest BCUT2D eigenvalue weighted by molar-refractivity contribution is 5.71. The van der Waals surface area contributed by atoms with Crippen LogP contribution in [0.3, 0.4) is 0 Å². The molecule has 0 fully saturated rings. The number of hydrogen-bond donors (Lipinski definition) is 0. The SMILES string of the molecule is CCCCCCCCCCCCCCCCCCCCCC(=O)O[C@@H](COC(=O)CCCCCCCCCCCCCC)COC(=O)CCCCCCCCCCCCCCCC. The molecule has 0 bridgehead atoms. The van der Waals surface area contributed by atoms with E-state index in [1.807, 2.05) is 0 Å². The van der Waals surface area contributed by atoms with Crippen molar-refractivity contribution in [2.75, 3.05) is 13.2 Å². The lowest BCUT2D eigenvalue weighted by Gasteiger charge is -2.18. The third-order valence-electron chi connectivity index (χ3n) is 13.1. The molecule has 0 unspecified atom stereocenters. The van der Waals surface area contributed by atoms with E-state index in [9.17, 15) is 14.4 Å². The third kappa shape index (κ3) is 51.3. The second kappa shape index (κ2) is 53.0. The Hall–Kier alpha value is -1.59. The van der Waals surface area contributed by atoms with E-state index in [1.165, 1.54) is 231 Å². The number of carbonyl (C=O) groups is 3. The number of carbonyl (C=O) groups excluding carboxylic acids is 3. The second-order valence-electron chi connectivity index (χ2n) is 19.6. The van der Waals surface area contributed by atoms with Gasteiger partial charge in [-0.2, -0.15) is 0 Å². The number of ether oxygens (including phenoxy) is 3. The average Bonchev–Trinajstić information content (AvgIpc) is 3.28. The van der Waals surface area contributed by atoms with Crippen LogP contribution in [0.2, 0.25) is 0 Å². The summed E-state index contributed by atoms with van der Waals surface area (Å²) >= 11 is 0. The van der Waals surface area contributed by atoms with Crippen LogP contribution in [0.5, 0.6) is 0 Å². The summed E-state index contributed by atoms with van der Waals surface area (Å²) in [7, 11) is 0. The van der Waals surface area contributed by atoms with E-state index in [-0.39, 0.29) is 31.1 Å². The van der Waals surface area contributed by atoms with Crippen molar-refractivity contribution in [2.24, 2.45) is 0 Å². The van der Waals surface area contributed by atoms with Crippen LogP contribution < -0.4 is 0 Å². The van der Waals surface area contributed by atoms with Crippen molar-refractivity contribution in [1.29, 1.82) is 0 Å². The molecule has 0 aromatic carbocycles. The maximum atomic E-state index is 12.8. The quantitative estimate of drug-likeness (QED) is 0.0344. The van der Waals surface area contributed by atoms with Gasteiger partial charge >= 0.3 is 17.9 Å². The van der Waals surface area contributed by atoms with Gasteiger partial charge < -0.3 is 14.2 Å². The van der Waals surface area contributed by atoms with Gasteiger partial charge in [0, 0.05) is 19.3 Å². The molecule has 0 saturated heterocycles. The summed E-state index contributed by atoms with van der Waals surface area (Å²) in [6.45, 7) is 6.70. The molecule has 0 radical (unpaired) electrons. The van der Waals surface area contributed by atoms with Crippen LogP contribution in [0.1, 0.15) is 329 Å². The molecule has 63 heavy (non-hydrogen) atoms. The van der Waals surface area contributed by atoms with Gasteiger partial charge in [-0.3, -0.25) is 14.4 Å². The van der Waals surface area contributed by atoms with Crippen LogP contribution >= 0.6 is 0 Å². The van der Waals surface area contributed by atoms with E-state index in [4.69, 9.17) is 14.2 Å². The summed E-state index contributed by atoms with van der Waals surface area (Å²) in [6.07, 6.45) is 58.0. The molecule has 0 aliphatic rings. The maximum absolute atomic E-state index is 12.8. The molecule has 0 amide bonds. The standard InChI is InChI=1S/C57H110O6/c1-4-7-10-13-16-19-22-25-27-28-29-30-31-33-36-39-42-45-48-51-57(60)63-54(52-61-55(58)49-46-43-40-37-34-24-21-18-15-12-9-6-3)53-62-56(59)50-47-44-41-38-35-32-26-23-20-17-14-11-8-5-2/h54H,4-53H2,1-3H3/t54-/m0/s1. The van der Waals surface area contributed by atoms with Gasteiger partial charge in [0.2, 0.25) is 0 Å². The van der Waals surface area contributed by atoms with Crippen LogP contribution in [0.15, 0.2) is 0 Å². The van der Waals surface area contributed by atoms with E-state index >= 15 is 0 Å². The third-order valence-corrected chi connectivity index (χ3v) is 13.1. The predicted molar refractivity (Wildman–Crippen MR) is 270 cm³/mol. The maximum Gasteiger partial charge on any atom is 0.306 e. The highest BCUT2D eigenvalue weighted by Gasteiger charge is 2.19. The van der Waals surface area contributed by atoms with Gasteiger partial charge in [0.25, 0.3) is 0 Å². The number of unbranched alkanes of at least 4 members (excludes halogenated alkanes) is 42. The molecule has 0 saturated carbocycles. The summed E-state index contributed by atoms with van der Waals surface area (Å²) in [5.74, 6) is -0.834. The molecule has 0 aromatic rings. The van der Waals surface area contributed by atoms with Crippen LogP contribution in [-0.2, 0) is 28.6 Å². The van der Waals surface area contributed by atoms with E-state index in [2.05, 4.69) is 20.8 Å². The van der Waals surface area contributed by atoms with Gasteiger partial charge in [0.05, 0.1) is 0 Å². The fraction of sp³-hybridized carbons (Fsp3) is 0.947. The van der Waals surface area contributed by atoms with E-state index in [0.29, 0.717) is 19.3 Å². The Morgan fingerprint density at radius 2 is 0.429 bits per heavy atom. The van der Waals surface area contributed by atoms with Crippen molar-refractivity contribution in [3.05, 3.63) is 0 Å². The minimum absolute atomic E-state index is 0.0613. The minimum atomic E-state index is -0.760. The Bertz CT molecular complexity index is 936. The van der Waals surface area contributed by atoms with Crippen molar-refractivity contribution in [3.8, 4) is 0 Å². The molecule has 0 N–H and O–H groups in total. The first-order chi connectivity index (χ1) is 31.0. The van der Waals surface area contributed by atoms with Crippen molar-refractivity contribution >= 4 is 17.9 Å². The predicted octanol–water partition coefficient (Wildman–Crippen LogP) is 18.8. The number of esters is 3. The van der Waals surface area contributed by atoms with Crippen molar-refractivity contribution < 1.29 is 28.6 Å². The fourth-order valence-corrected chi connectivity index (χ4v) is 8.80. The lowest BCUT2D eigenvalue weighted by Crippen LogP contribution is -2.30. The lowest BCUT2D eigenvalue weighted by atomic mass is 10.0. The number of rotatable bonds is 53. The fourth-order valence-electron chi connectivity index (χ4n) is 8.80. The van der Waals surface area contributed by atoms with Gasteiger partial charge in [0.1, 0.15) is 13.2 Å². The zero-order valence-electron chi connectivity index (χ0n) is 42.9. The summed E-state index contributed by atoms with van der Waals surface area (Å²) in [4.78, 5) is 38.1. The molecule has 0 aliphatic heterocycles. The molecule has 0 rings (SSSR count). The normalized spacial score (nSPS) is 11.9. The summed E-state index contributed by atoms with van der Waals surface area (Å²) in [6, 6.07) is 0. The van der Waals surface area contributed by atoms with Crippen molar-refractivity contribution in [1.82, 2.24) is 0 Å². The molecule has 0 aliphatic carbocycles. The van der Waals surface area contributed by atoms with Crippen LogP contribution in [0, 0.1) is 0 Å². The van der Waals surface area contributed by atoms with Crippen LogP contribution in [0.4, 0.5) is 0 Å². The van der Waals surface area contributed by atoms with E-state index in [1.54, 1.807) is 0 Å². The first kappa shape index (κ1) is 61.4. The van der Waals surface area contributed by atoms with Gasteiger partial charge in [-0.15, -0.1) is 0 Å². The molecule has 0 spiro atoms. The van der Waals surface area contributed by atoms with Gasteiger partial charge in [0.15, 0.2) is 6.10 Å².